The zero-order valence-corrected chi connectivity index (χ0v) is 17.9. The van der Waals surface area contributed by atoms with Crippen LogP contribution in [0.5, 0.6) is 5.75 Å². The lowest BCUT2D eigenvalue weighted by atomic mass is 10.0. The maximum atomic E-state index is 13.5. The van der Waals surface area contributed by atoms with Gasteiger partial charge in [-0.15, -0.1) is 0 Å². The first-order chi connectivity index (χ1) is 15.0. The summed E-state index contributed by atoms with van der Waals surface area (Å²) in [5, 5.41) is 3.65. The van der Waals surface area contributed by atoms with Crippen LogP contribution in [0.15, 0.2) is 78.5 Å². The summed E-state index contributed by atoms with van der Waals surface area (Å²) < 4.78 is 5.56. The molecular formula is C25H21ClN2O3. The fraction of sp³-hybridized carbons (Fsp3) is 0.120. The van der Waals surface area contributed by atoms with Crippen LogP contribution >= 0.6 is 11.6 Å². The molecule has 1 heterocycles. The van der Waals surface area contributed by atoms with E-state index in [1.54, 1.807) is 31.2 Å². The molecule has 1 aliphatic rings. The standard InChI is InChI=1S/C25H21ClN2O3/c1-3-31-19-12-7-11-18(15-19)27-23-22(17-9-5-4-6-10-17)24(29)28(25(23)30)21-14-8-13-20(26)16(21)2/h4-15,27H,3H2,1-2H3. The van der Waals surface area contributed by atoms with Crippen molar-refractivity contribution in [3.05, 3.63) is 94.6 Å². The zero-order valence-electron chi connectivity index (χ0n) is 17.2. The number of anilines is 2. The molecule has 5 nitrogen and oxygen atoms in total. The van der Waals surface area contributed by atoms with E-state index in [2.05, 4.69) is 5.32 Å². The van der Waals surface area contributed by atoms with Gasteiger partial charge < -0.3 is 10.1 Å². The van der Waals surface area contributed by atoms with Crippen LogP contribution in [0.4, 0.5) is 11.4 Å². The third-order valence-electron chi connectivity index (χ3n) is 5.04. The predicted octanol–water partition coefficient (Wildman–Crippen LogP) is 5.44. The van der Waals surface area contributed by atoms with Crippen molar-refractivity contribution in [2.45, 2.75) is 13.8 Å². The van der Waals surface area contributed by atoms with Crippen LogP contribution in [0, 0.1) is 6.92 Å². The average molecular weight is 433 g/mol. The highest BCUT2D eigenvalue weighted by Crippen LogP contribution is 2.36. The van der Waals surface area contributed by atoms with Gasteiger partial charge in [-0.25, -0.2) is 4.90 Å². The van der Waals surface area contributed by atoms with Crippen molar-refractivity contribution >= 4 is 40.4 Å². The van der Waals surface area contributed by atoms with Gasteiger partial charge in [0, 0.05) is 16.8 Å². The van der Waals surface area contributed by atoms with Crippen molar-refractivity contribution in [1.82, 2.24) is 0 Å². The van der Waals surface area contributed by atoms with E-state index in [9.17, 15) is 9.59 Å². The summed E-state index contributed by atoms with van der Waals surface area (Å²) in [6.07, 6.45) is 0. The van der Waals surface area contributed by atoms with E-state index >= 15 is 0 Å². The molecule has 31 heavy (non-hydrogen) atoms. The SMILES string of the molecule is CCOc1cccc(NC2=C(c3ccccc3)C(=O)N(c3cccc(Cl)c3C)C2=O)c1. The number of ether oxygens (including phenoxy) is 1. The molecule has 0 spiro atoms. The fourth-order valence-corrected chi connectivity index (χ4v) is 3.72. The highest BCUT2D eigenvalue weighted by atomic mass is 35.5. The summed E-state index contributed by atoms with van der Waals surface area (Å²) in [5.41, 5.74) is 2.97. The Morgan fingerprint density at radius 2 is 1.68 bits per heavy atom. The van der Waals surface area contributed by atoms with Gasteiger partial charge >= 0.3 is 0 Å². The van der Waals surface area contributed by atoms with E-state index in [-0.39, 0.29) is 5.70 Å². The molecule has 1 aliphatic heterocycles. The number of hydrogen-bond donors (Lipinski definition) is 1. The topological polar surface area (TPSA) is 58.6 Å². The minimum Gasteiger partial charge on any atom is -0.494 e. The maximum absolute atomic E-state index is 13.5. The van der Waals surface area contributed by atoms with Gasteiger partial charge in [0.25, 0.3) is 11.8 Å². The molecule has 2 amide bonds. The second-order valence-electron chi connectivity index (χ2n) is 7.03. The summed E-state index contributed by atoms with van der Waals surface area (Å²) in [4.78, 5) is 28.2. The van der Waals surface area contributed by atoms with Gasteiger partial charge in [-0.05, 0) is 49.2 Å². The van der Waals surface area contributed by atoms with E-state index in [4.69, 9.17) is 16.3 Å². The Labute approximate surface area is 185 Å². The Kier molecular flexibility index (Phi) is 5.78. The number of benzene rings is 3. The lowest BCUT2D eigenvalue weighted by molar-refractivity contribution is -0.120. The smallest absolute Gasteiger partial charge is 0.282 e. The minimum atomic E-state index is -0.434. The monoisotopic (exact) mass is 432 g/mol. The second-order valence-corrected chi connectivity index (χ2v) is 7.44. The number of imide groups is 1. The number of carbonyl (C=O) groups excluding carboxylic acids is 2. The molecule has 0 saturated carbocycles. The normalized spacial score (nSPS) is 13.7. The molecule has 6 heteroatoms. The van der Waals surface area contributed by atoms with Crippen molar-refractivity contribution in [2.75, 3.05) is 16.8 Å². The van der Waals surface area contributed by atoms with Crippen molar-refractivity contribution in [3.63, 3.8) is 0 Å². The van der Waals surface area contributed by atoms with Crippen molar-refractivity contribution in [1.29, 1.82) is 0 Å². The van der Waals surface area contributed by atoms with E-state index in [1.807, 2.05) is 55.5 Å². The van der Waals surface area contributed by atoms with Crippen LogP contribution in [0.2, 0.25) is 5.02 Å². The number of carbonyl (C=O) groups is 2. The van der Waals surface area contributed by atoms with Gasteiger partial charge in [0.05, 0.1) is 17.9 Å². The molecule has 0 fully saturated rings. The number of halogens is 1. The van der Waals surface area contributed by atoms with Gasteiger partial charge in [0.2, 0.25) is 0 Å². The molecule has 0 radical (unpaired) electrons. The molecule has 0 aromatic heterocycles. The molecule has 0 aliphatic carbocycles. The summed E-state index contributed by atoms with van der Waals surface area (Å²) in [6, 6.07) is 21.6. The third kappa shape index (κ3) is 3.92. The Bertz CT molecular complexity index is 1190. The molecule has 0 unspecified atom stereocenters. The summed E-state index contributed by atoms with van der Waals surface area (Å²) in [7, 11) is 0. The van der Waals surface area contributed by atoms with Crippen molar-refractivity contribution in [3.8, 4) is 5.75 Å². The molecule has 0 atom stereocenters. The van der Waals surface area contributed by atoms with Crippen LogP contribution in [0.3, 0.4) is 0 Å². The zero-order chi connectivity index (χ0) is 22.0. The molecule has 0 bridgehead atoms. The molecule has 0 saturated heterocycles. The van der Waals surface area contributed by atoms with Crippen LogP contribution in [-0.2, 0) is 9.59 Å². The number of rotatable bonds is 6. The Balaban J connectivity index is 1.81. The maximum Gasteiger partial charge on any atom is 0.282 e. The Morgan fingerprint density at radius 1 is 0.935 bits per heavy atom. The quantitative estimate of drug-likeness (QED) is 0.526. The first-order valence-electron chi connectivity index (χ1n) is 9.94. The number of nitrogens with zero attached hydrogens (tertiary/aromatic N) is 1. The van der Waals surface area contributed by atoms with Crippen molar-refractivity contribution < 1.29 is 14.3 Å². The van der Waals surface area contributed by atoms with Crippen molar-refractivity contribution in [2.24, 2.45) is 0 Å². The fourth-order valence-electron chi connectivity index (χ4n) is 3.55. The number of amides is 2. The van der Waals surface area contributed by atoms with Gasteiger partial charge in [0.15, 0.2) is 0 Å². The molecule has 156 valence electrons. The summed E-state index contributed by atoms with van der Waals surface area (Å²) in [5.74, 6) is -0.158. The Hall–Kier alpha value is -3.57. The second kappa shape index (κ2) is 8.66. The predicted molar refractivity (Wildman–Crippen MR) is 123 cm³/mol. The largest absolute Gasteiger partial charge is 0.494 e. The molecule has 3 aromatic carbocycles. The van der Waals surface area contributed by atoms with Crippen LogP contribution in [0.25, 0.3) is 5.57 Å². The lowest BCUT2D eigenvalue weighted by Crippen LogP contribution is -2.33. The molecular weight excluding hydrogens is 412 g/mol. The molecule has 3 aromatic rings. The van der Waals surface area contributed by atoms with Gasteiger partial charge in [-0.2, -0.15) is 0 Å². The third-order valence-corrected chi connectivity index (χ3v) is 5.45. The van der Waals surface area contributed by atoms with Gasteiger partial charge in [-0.1, -0.05) is 54.1 Å². The van der Waals surface area contributed by atoms with Crippen LogP contribution in [-0.4, -0.2) is 18.4 Å². The lowest BCUT2D eigenvalue weighted by Gasteiger charge is -2.18. The molecule has 1 N–H and O–H groups in total. The minimum absolute atomic E-state index is 0.212. The Morgan fingerprint density at radius 3 is 2.42 bits per heavy atom. The first kappa shape index (κ1) is 20.7. The summed E-state index contributed by atoms with van der Waals surface area (Å²) >= 11 is 6.26. The summed E-state index contributed by atoms with van der Waals surface area (Å²) in [6.45, 7) is 4.22. The van der Waals surface area contributed by atoms with E-state index < -0.39 is 11.8 Å². The van der Waals surface area contributed by atoms with Crippen LogP contribution in [0.1, 0.15) is 18.1 Å². The van der Waals surface area contributed by atoms with Gasteiger partial charge in [0.1, 0.15) is 11.4 Å². The van der Waals surface area contributed by atoms with E-state index in [1.165, 1.54) is 4.90 Å². The van der Waals surface area contributed by atoms with E-state index in [0.717, 1.165) is 0 Å². The number of nitrogens with one attached hydrogen (secondary N) is 1. The highest BCUT2D eigenvalue weighted by Gasteiger charge is 2.41. The average Bonchev–Trinajstić information content (AvgIpc) is 3.01. The number of hydrogen-bond acceptors (Lipinski definition) is 4. The highest BCUT2D eigenvalue weighted by molar-refractivity contribution is 6.46. The molecule has 4 rings (SSSR count). The first-order valence-corrected chi connectivity index (χ1v) is 10.3. The van der Waals surface area contributed by atoms with Crippen LogP contribution < -0.4 is 15.0 Å². The van der Waals surface area contributed by atoms with Gasteiger partial charge in [-0.3, -0.25) is 9.59 Å². The van der Waals surface area contributed by atoms with E-state index in [0.29, 0.717) is 45.5 Å².